The van der Waals surface area contributed by atoms with E-state index < -0.39 is 122 Å². The molecule has 25 atom stereocenters. The fourth-order valence-corrected chi connectivity index (χ4v) is 14.0. The number of rotatable bonds is 8. The maximum atomic E-state index is 12.2. The Labute approximate surface area is 373 Å². The summed E-state index contributed by atoms with van der Waals surface area (Å²) in [6, 6.07) is 0. The monoisotopic (exact) mass is 910 g/mol. The highest BCUT2D eigenvalue weighted by Crippen LogP contribution is 2.71. The number of hydrogen-bond donors (Lipinski definition) is 8. The number of esters is 1. The van der Waals surface area contributed by atoms with E-state index in [-0.39, 0.29) is 36.4 Å². The minimum atomic E-state index is -1.83. The zero-order valence-electron chi connectivity index (χ0n) is 37.4. The second-order valence-electron chi connectivity index (χ2n) is 20.9. The first-order valence-electron chi connectivity index (χ1n) is 23.4. The Balaban J connectivity index is 0.956. The Hall–Kier alpha value is -1.69. The van der Waals surface area contributed by atoms with Crippen molar-refractivity contribution >= 4 is 5.97 Å². The zero-order valence-corrected chi connectivity index (χ0v) is 37.4. The van der Waals surface area contributed by atoms with Gasteiger partial charge in [0.05, 0.1) is 44.2 Å². The molecule has 5 aliphatic heterocycles. The van der Waals surface area contributed by atoms with Crippen LogP contribution in [0.3, 0.4) is 0 Å². The Morgan fingerprint density at radius 1 is 0.859 bits per heavy atom. The van der Waals surface area contributed by atoms with E-state index in [2.05, 4.69) is 33.4 Å². The molecule has 0 amide bonds. The average Bonchev–Trinajstić information content (AvgIpc) is 3.70. The van der Waals surface area contributed by atoms with Crippen molar-refractivity contribution in [2.45, 2.75) is 196 Å². The largest absolute Gasteiger partial charge is 0.457 e. The van der Waals surface area contributed by atoms with Crippen molar-refractivity contribution in [3.05, 3.63) is 23.8 Å². The molecule has 0 radical (unpaired) electrons. The normalized spacial score (nSPS) is 55.0. The number of carbonyl (C=O) groups is 1. The van der Waals surface area contributed by atoms with Crippen LogP contribution in [-0.2, 0) is 47.4 Å². The van der Waals surface area contributed by atoms with Crippen molar-refractivity contribution in [1.82, 2.24) is 0 Å². The Bertz CT molecular complexity index is 1750. The van der Waals surface area contributed by atoms with Gasteiger partial charge < -0.3 is 83.5 Å². The maximum absolute atomic E-state index is 12.2. The first kappa shape index (κ1) is 47.4. The van der Waals surface area contributed by atoms with Gasteiger partial charge in [-0.2, -0.15) is 0 Å². The molecule has 1 spiro atoms. The van der Waals surface area contributed by atoms with Crippen LogP contribution in [0.2, 0.25) is 0 Å². The molecule has 8 N–H and O–H groups in total. The van der Waals surface area contributed by atoms with Crippen molar-refractivity contribution < 1.29 is 88.3 Å². The molecule has 0 aromatic heterocycles. The van der Waals surface area contributed by atoms with Crippen LogP contribution in [0.25, 0.3) is 0 Å². The second-order valence-corrected chi connectivity index (χ2v) is 20.9. The summed E-state index contributed by atoms with van der Waals surface area (Å²) < 4.78 is 55.7. The van der Waals surface area contributed by atoms with Crippen molar-refractivity contribution in [3.8, 4) is 0 Å². The standard InChI is InChI=1S/C46H70O18/c1-19-9-12-46(57-17-19)20(2)32-28(64-46)15-27-25-8-7-23-13-24(49)14-31(45(23,6)26(25)10-11-44(27,32)5)61-43-40(35(52)30(18-56-43)59-22(4)48)63-42-38(55)39(33(50)21(3)58-42)62-41-37(54)36(53)34(51)29(16-47)60-41/h7,20-21,24-43,47,49-55H,1,8-18H2,2-6H3/t20-,21-,24+,25+,26-,27-,28-,29+,30-,31+,32-,33-,34+,35-,36-,37+,38+,39+,40+,41-,42-,43-,44-,45-,46+/m0/s1. The first-order valence-corrected chi connectivity index (χ1v) is 23.4. The molecule has 0 aromatic rings. The third-order valence-electron chi connectivity index (χ3n) is 17.4. The molecule has 18 heteroatoms. The lowest BCUT2D eigenvalue weighted by atomic mass is 9.46. The van der Waals surface area contributed by atoms with E-state index in [1.165, 1.54) is 13.8 Å². The highest BCUT2D eigenvalue weighted by molar-refractivity contribution is 5.66. The summed E-state index contributed by atoms with van der Waals surface area (Å²) in [6.07, 6.45) is -14.2. The van der Waals surface area contributed by atoms with E-state index in [0.717, 1.165) is 49.7 Å². The molecule has 5 heterocycles. The average molecular weight is 911 g/mol. The quantitative estimate of drug-likeness (QED) is 0.120. The smallest absolute Gasteiger partial charge is 0.303 e. The summed E-state index contributed by atoms with van der Waals surface area (Å²) >= 11 is 0. The van der Waals surface area contributed by atoms with E-state index >= 15 is 0 Å². The fraction of sp³-hybridized carbons (Fsp3) is 0.891. The van der Waals surface area contributed by atoms with E-state index in [9.17, 15) is 45.6 Å². The topological polar surface area (TPSA) is 262 Å². The number of hydrogen-bond acceptors (Lipinski definition) is 18. The number of carbonyl (C=O) groups excluding carboxylic acids is 1. The van der Waals surface area contributed by atoms with Gasteiger partial charge in [0.2, 0.25) is 0 Å². The van der Waals surface area contributed by atoms with Gasteiger partial charge >= 0.3 is 5.97 Å². The van der Waals surface area contributed by atoms with Gasteiger partial charge in [0.15, 0.2) is 30.8 Å². The molecule has 9 rings (SSSR count). The van der Waals surface area contributed by atoms with Gasteiger partial charge in [0, 0.05) is 31.1 Å². The molecule has 9 aliphatic rings. The van der Waals surface area contributed by atoms with Crippen molar-refractivity contribution in [1.29, 1.82) is 0 Å². The van der Waals surface area contributed by atoms with Crippen LogP contribution in [0, 0.1) is 40.4 Å². The van der Waals surface area contributed by atoms with Crippen LogP contribution in [-0.4, -0.2) is 177 Å². The van der Waals surface area contributed by atoms with Crippen LogP contribution in [0.15, 0.2) is 23.8 Å². The van der Waals surface area contributed by atoms with Gasteiger partial charge in [-0.25, -0.2) is 0 Å². The number of aliphatic hydroxyl groups is 8. The third kappa shape index (κ3) is 7.76. The molecule has 362 valence electrons. The maximum Gasteiger partial charge on any atom is 0.303 e. The van der Waals surface area contributed by atoms with Crippen LogP contribution in [0.1, 0.15) is 86.0 Å². The predicted molar refractivity (Wildman–Crippen MR) is 219 cm³/mol. The molecule has 0 unspecified atom stereocenters. The van der Waals surface area contributed by atoms with Crippen molar-refractivity contribution in [2.24, 2.45) is 40.4 Å². The molecule has 64 heavy (non-hydrogen) atoms. The zero-order chi connectivity index (χ0) is 45.8. The summed E-state index contributed by atoms with van der Waals surface area (Å²) in [5, 5.41) is 87.1. The first-order chi connectivity index (χ1) is 30.3. The van der Waals surface area contributed by atoms with E-state index in [1.807, 2.05) is 0 Å². The summed E-state index contributed by atoms with van der Waals surface area (Å²) in [7, 11) is 0. The van der Waals surface area contributed by atoms with Gasteiger partial charge in [-0.05, 0) is 74.5 Å². The molecular formula is C46H70O18. The highest BCUT2D eigenvalue weighted by Gasteiger charge is 2.69. The van der Waals surface area contributed by atoms with Crippen LogP contribution >= 0.6 is 0 Å². The van der Waals surface area contributed by atoms with Gasteiger partial charge in [0.25, 0.3) is 0 Å². The SMILES string of the molecule is C=C1CC[C@@]2(OC1)O[C@H]1C[C@H]3[C@@H]4CC=C5C[C@@H](O)C[C@@H](O[C@@H]6OC[C@H](OC(C)=O)[C@H](O)[C@H]6O[C@@H]6O[C@@H](C)[C@H](O)[C@@H](O[C@@H]7O[C@H](CO)[C@@H](O)[C@H](O)[C@H]7O)[C@H]6O)[C@]5(C)[C@H]4CC[C@]3(C)[C@H]1[C@@H]2C. The van der Waals surface area contributed by atoms with Crippen LogP contribution < -0.4 is 0 Å². The molecule has 5 saturated heterocycles. The molecule has 0 bridgehead atoms. The number of allylic oxidation sites excluding steroid dienone is 1. The third-order valence-corrected chi connectivity index (χ3v) is 17.4. The molecular weight excluding hydrogens is 840 g/mol. The van der Waals surface area contributed by atoms with Crippen LogP contribution in [0.4, 0.5) is 0 Å². The van der Waals surface area contributed by atoms with E-state index in [4.69, 9.17) is 42.6 Å². The predicted octanol–water partition coefficient (Wildman–Crippen LogP) is 0.315. The summed E-state index contributed by atoms with van der Waals surface area (Å²) in [6.45, 7) is 13.4. The summed E-state index contributed by atoms with van der Waals surface area (Å²) in [4.78, 5) is 12.2. The van der Waals surface area contributed by atoms with Crippen molar-refractivity contribution in [3.63, 3.8) is 0 Å². The second kappa shape index (κ2) is 17.7. The van der Waals surface area contributed by atoms with E-state index in [1.54, 1.807) is 0 Å². The lowest BCUT2D eigenvalue weighted by Gasteiger charge is -2.60. The van der Waals surface area contributed by atoms with Gasteiger partial charge in [-0.1, -0.05) is 44.6 Å². The number of aliphatic hydroxyl groups excluding tert-OH is 8. The van der Waals surface area contributed by atoms with Gasteiger partial charge in [0.1, 0.15) is 54.9 Å². The van der Waals surface area contributed by atoms with Gasteiger partial charge in [-0.15, -0.1) is 0 Å². The Kier molecular flexibility index (Phi) is 13.1. The Morgan fingerprint density at radius 3 is 2.30 bits per heavy atom. The summed E-state index contributed by atoms with van der Waals surface area (Å²) in [5.41, 5.74) is 1.72. The fourth-order valence-electron chi connectivity index (χ4n) is 14.0. The molecule has 18 nitrogen and oxygen atoms in total. The van der Waals surface area contributed by atoms with Gasteiger partial charge in [-0.3, -0.25) is 4.79 Å². The molecule has 4 aliphatic carbocycles. The van der Waals surface area contributed by atoms with Crippen LogP contribution in [0.5, 0.6) is 0 Å². The minimum absolute atomic E-state index is 0.0377. The molecule has 0 aromatic carbocycles. The highest BCUT2D eigenvalue weighted by atomic mass is 16.8. The number of fused-ring (bicyclic) bond motifs is 7. The van der Waals surface area contributed by atoms with Crippen molar-refractivity contribution in [2.75, 3.05) is 19.8 Å². The lowest BCUT2D eigenvalue weighted by Crippen LogP contribution is -2.66. The molecule has 8 fully saturated rings. The Morgan fingerprint density at radius 2 is 1.59 bits per heavy atom. The lowest BCUT2D eigenvalue weighted by molar-refractivity contribution is -0.381. The minimum Gasteiger partial charge on any atom is -0.457 e. The molecule has 3 saturated carbocycles. The number of ether oxygens (including phenoxy) is 9. The van der Waals surface area contributed by atoms with E-state index in [0.29, 0.717) is 30.8 Å². The summed E-state index contributed by atoms with van der Waals surface area (Å²) in [5.74, 6) is 0.227.